The third-order valence-electron chi connectivity index (χ3n) is 2.04. The van der Waals surface area contributed by atoms with E-state index in [0.717, 1.165) is 6.61 Å². The van der Waals surface area contributed by atoms with Crippen LogP contribution >= 0.6 is 0 Å². The Bertz CT molecular complexity index is 97.7. The van der Waals surface area contributed by atoms with Crippen molar-refractivity contribution in [2.24, 2.45) is 0 Å². The minimum absolute atomic E-state index is 0.374. The van der Waals surface area contributed by atoms with Gasteiger partial charge in [0.15, 0.2) is 0 Å². The van der Waals surface area contributed by atoms with Crippen molar-refractivity contribution in [2.75, 3.05) is 13.2 Å². The van der Waals surface area contributed by atoms with Gasteiger partial charge in [-0.3, -0.25) is 0 Å². The lowest BCUT2D eigenvalue weighted by Gasteiger charge is -2.24. The standard InChI is InChI=1S/C9H19NO/c1-8(2)11-7-9-5-3-4-6-10-9/h8-10H,3-7H2,1-2H3. The molecule has 0 radical (unpaired) electrons. The Morgan fingerprint density at radius 3 is 2.82 bits per heavy atom. The van der Waals surface area contributed by atoms with Crippen LogP contribution in [0.3, 0.4) is 0 Å². The number of piperidine rings is 1. The average molecular weight is 157 g/mol. The molecule has 0 aromatic carbocycles. The first-order chi connectivity index (χ1) is 5.29. The summed E-state index contributed by atoms with van der Waals surface area (Å²) in [5.41, 5.74) is 0. The van der Waals surface area contributed by atoms with Gasteiger partial charge in [-0.1, -0.05) is 6.42 Å². The summed E-state index contributed by atoms with van der Waals surface area (Å²) < 4.78 is 5.52. The monoisotopic (exact) mass is 157 g/mol. The summed E-state index contributed by atoms with van der Waals surface area (Å²) in [6.45, 7) is 6.23. The van der Waals surface area contributed by atoms with Crippen LogP contribution < -0.4 is 5.32 Å². The molecule has 0 spiro atoms. The summed E-state index contributed by atoms with van der Waals surface area (Å²) in [4.78, 5) is 0. The first-order valence-electron chi connectivity index (χ1n) is 4.64. The quantitative estimate of drug-likeness (QED) is 0.671. The Morgan fingerprint density at radius 1 is 1.45 bits per heavy atom. The van der Waals surface area contributed by atoms with Crippen LogP contribution in [0.1, 0.15) is 33.1 Å². The molecule has 1 saturated heterocycles. The SMILES string of the molecule is CC(C)OCC1CCCCN1. The van der Waals surface area contributed by atoms with Crippen molar-refractivity contribution in [2.45, 2.75) is 45.3 Å². The predicted molar refractivity (Wildman–Crippen MR) is 46.7 cm³/mol. The molecule has 2 nitrogen and oxygen atoms in total. The fourth-order valence-electron chi connectivity index (χ4n) is 1.37. The zero-order valence-electron chi connectivity index (χ0n) is 7.60. The fourth-order valence-corrected chi connectivity index (χ4v) is 1.37. The molecule has 1 fully saturated rings. The molecule has 1 aliphatic rings. The molecule has 0 aliphatic carbocycles. The minimum atomic E-state index is 0.374. The second-order valence-corrected chi connectivity index (χ2v) is 3.53. The van der Waals surface area contributed by atoms with Gasteiger partial charge >= 0.3 is 0 Å². The topological polar surface area (TPSA) is 21.3 Å². The summed E-state index contributed by atoms with van der Waals surface area (Å²) >= 11 is 0. The maximum atomic E-state index is 5.52. The van der Waals surface area contributed by atoms with Gasteiger partial charge in [0.05, 0.1) is 12.7 Å². The Labute approximate surface area is 69.3 Å². The average Bonchev–Trinajstić information content (AvgIpc) is 2.03. The molecule has 1 rings (SSSR count). The molecule has 1 unspecified atom stereocenters. The molecule has 1 N–H and O–H groups in total. The van der Waals surface area contributed by atoms with Gasteiger partial charge in [0, 0.05) is 6.04 Å². The zero-order chi connectivity index (χ0) is 8.10. The Balaban J connectivity index is 2.05. The van der Waals surface area contributed by atoms with E-state index in [4.69, 9.17) is 4.74 Å². The van der Waals surface area contributed by atoms with E-state index >= 15 is 0 Å². The summed E-state index contributed by atoms with van der Waals surface area (Å²) in [5.74, 6) is 0. The van der Waals surface area contributed by atoms with Gasteiger partial charge < -0.3 is 10.1 Å². The van der Waals surface area contributed by atoms with Crippen LogP contribution in [0.5, 0.6) is 0 Å². The van der Waals surface area contributed by atoms with E-state index in [1.807, 2.05) is 0 Å². The highest BCUT2D eigenvalue weighted by atomic mass is 16.5. The van der Waals surface area contributed by atoms with Crippen LogP contribution in [0.15, 0.2) is 0 Å². The van der Waals surface area contributed by atoms with Crippen molar-refractivity contribution in [3.63, 3.8) is 0 Å². The molecule has 0 amide bonds. The van der Waals surface area contributed by atoms with Crippen LogP contribution in [-0.2, 0) is 4.74 Å². The van der Waals surface area contributed by atoms with E-state index in [1.54, 1.807) is 0 Å². The third kappa shape index (κ3) is 3.73. The van der Waals surface area contributed by atoms with E-state index in [-0.39, 0.29) is 0 Å². The van der Waals surface area contributed by atoms with Gasteiger partial charge in [-0.2, -0.15) is 0 Å². The first kappa shape index (κ1) is 9.01. The van der Waals surface area contributed by atoms with Crippen LogP contribution in [0.25, 0.3) is 0 Å². The molecule has 66 valence electrons. The third-order valence-corrected chi connectivity index (χ3v) is 2.04. The van der Waals surface area contributed by atoms with E-state index in [1.165, 1.54) is 25.8 Å². The highest BCUT2D eigenvalue weighted by molar-refractivity contribution is 4.71. The number of hydrogen-bond acceptors (Lipinski definition) is 2. The second-order valence-electron chi connectivity index (χ2n) is 3.53. The normalized spacial score (nSPS) is 25.9. The van der Waals surface area contributed by atoms with E-state index in [0.29, 0.717) is 12.1 Å². The minimum Gasteiger partial charge on any atom is -0.377 e. The van der Waals surface area contributed by atoms with Crippen molar-refractivity contribution in [3.8, 4) is 0 Å². The van der Waals surface area contributed by atoms with E-state index in [9.17, 15) is 0 Å². The molecule has 11 heavy (non-hydrogen) atoms. The summed E-state index contributed by atoms with van der Waals surface area (Å²) in [5, 5.41) is 3.45. The van der Waals surface area contributed by atoms with Gasteiger partial charge in [-0.15, -0.1) is 0 Å². The van der Waals surface area contributed by atoms with E-state index in [2.05, 4.69) is 19.2 Å². The zero-order valence-corrected chi connectivity index (χ0v) is 7.60. The molecule has 0 aromatic rings. The predicted octanol–water partition coefficient (Wildman–Crippen LogP) is 1.55. The molecule has 2 heteroatoms. The van der Waals surface area contributed by atoms with Crippen LogP contribution in [0.4, 0.5) is 0 Å². The Kier molecular flexibility index (Phi) is 3.87. The smallest absolute Gasteiger partial charge is 0.0623 e. The molecule has 1 atom stereocenters. The van der Waals surface area contributed by atoms with Gasteiger partial charge in [0.25, 0.3) is 0 Å². The number of nitrogens with one attached hydrogen (secondary N) is 1. The van der Waals surface area contributed by atoms with Gasteiger partial charge in [0.1, 0.15) is 0 Å². The fraction of sp³-hybridized carbons (Fsp3) is 1.00. The lowest BCUT2D eigenvalue weighted by atomic mass is 10.1. The lowest BCUT2D eigenvalue weighted by Crippen LogP contribution is -2.38. The van der Waals surface area contributed by atoms with Gasteiger partial charge in [0.2, 0.25) is 0 Å². The molecular formula is C9H19NO. The molecule has 1 heterocycles. The number of ether oxygens (including phenoxy) is 1. The summed E-state index contributed by atoms with van der Waals surface area (Å²) in [6, 6.07) is 0.617. The number of rotatable bonds is 3. The lowest BCUT2D eigenvalue weighted by molar-refractivity contribution is 0.0558. The number of hydrogen-bond donors (Lipinski definition) is 1. The van der Waals surface area contributed by atoms with Gasteiger partial charge in [-0.25, -0.2) is 0 Å². The summed E-state index contributed by atoms with van der Waals surface area (Å²) in [6.07, 6.45) is 4.35. The largest absolute Gasteiger partial charge is 0.377 e. The Morgan fingerprint density at radius 2 is 2.27 bits per heavy atom. The van der Waals surface area contributed by atoms with Crippen LogP contribution in [0.2, 0.25) is 0 Å². The van der Waals surface area contributed by atoms with Crippen molar-refractivity contribution in [1.29, 1.82) is 0 Å². The van der Waals surface area contributed by atoms with Gasteiger partial charge in [-0.05, 0) is 33.2 Å². The van der Waals surface area contributed by atoms with Crippen LogP contribution in [0, 0.1) is 0 Å². The molecule has 0 saturated carbocycles. The second kappa shape index (κ2) is 4.73. The first-order valence-corrected chi connectivity index (χ1v) is 4.64. The van der Waals surface area contributed by atoms with E-state index < -0.39 is 0 Å². The van der Waals surface area contributed by atoms with Crippen molar-refractivity contribution in [3.05, 3.63) is 0 Å². The Hall–Kier alpha value is -0.0800. The highest BCUT2D eigenvalue weighted by Crippen LogP contribution is 2.07. The summed E-state index contributed by atoms with van der Waals surface area (Å²) in [7, 11) is 0. The molecule has 0 bridgehead atoms. The van der Waals surface area contributed by atoms with Crippen molar-refractivity contribution < 1.29 is 4.74 Å². The van der Waals surface area contributed by atoms with Crippen molar-refractivity contribution >= 4 is 0 Å². The molecule has 0 aromatic heterocycles. The molecule has 1 aliphatic heterocycles. The maximum absolute atomic E-state index is 5.52. The van der Waals surface area contributed by atoms with Crippen molar-refractivity contribution in [1.82, 2.24) is 5.32 Å². The maximum Gasteiger partial charge on any atom is 0.0623 e. The van der Waals surface area contributed by atoms with Crippen LogP contribution in [-0.4, -0.2) is 25.3 Å². The molecular weight excluding hydrogens is 138 g/mol. The highest BCUT2D eigenvalue weighted by Gasteiger charge is 2.12.